The Hall–Kier alpha value is -2.82. The Bertz CT molecular complexity index is 886. The van der Waals surface area contributed by atoms with Gasteiger partial charge in [0, 0.05) is 19.0 Å². The highest BCUT2D eigenvalue weighted by Gasteiger charge is 2.30. The van der Waals surface area contributed by atoms with Crippen LogP contribution >= 0.6 is 0 Å². The lowest BCUT2D eigenvalue weighted by atomic mass is 10.0. The molecule has 5 heteroatoms. The highest BCUT2D eigenvalue weighted by molar-refractivity contribution is 5.88. The van der Waals surface area contributed by atoms with Crippen LogP contribution in [-0.2, 0) is 29.0 Å². The molecule has 0 aromatic heterocycles. The molecular weight excluding hydrogens is 412 g/mol. The van der Waals surface area contributed by atoms with E-state index in [-0.39, 0.29) is 17.9 Å². The van der Waals surface area contributed by atoms with E-state index in [1.807, 2.05) is 31.2 Å². The van der Waals surface area contributed by atoms with E-state index in [0.29, 0.717) is 25.8 Å². The third kappa shape index (κ3) is 7.08. The van der Waals surface area contributed by atoms with Crippen LogP contribution in [0.15, 0.2) is 48.5 Å². The fourth-order valence-electron chi connectivity index (χ4n) is 4.55. The molecule has 0 spiro atoms. The van der Waals surface area contributed by atoms with Crippen LogP contribution in [0.4, 0.5) is 0 Å². The monoisotopic (exact) mass is 450 g/mol. The van der Waals surface area contributed by atoms with Crippen LogP contribution in [0.25, 0.3) is 0 Å². The first kappa shape index (κ1) is 24.8. The number of nitrogens with zero attached hydrogens (tertiary/aromatic N) is 1. The first-order valence-corrected chi connectivity index (χ1v) is 12.3. The molecule has 33 heavy (non-hydrogen) atoms. The average Bonchev–Trinajstić information content (AvgIpc) is 3.36. The molecule has 0 saturated heterocycles. The van der Waals surface area contributed by atoms with Gasteiger partial charge in [-0.05, 0) is 60.9 Å². The van der Waals surface area contributed by atoms with Crippen LogP contribution in [0.3, 0.4) is 0 Å². The second kappa shape index (κ2) is 12.4. The van der Waals surface area contributed by atoms with Crippen LogP contribution in [0.2, 0.25) is 0 Å². The summed E-state index contributed by atoms with van der Waals surface area (Å²) in [6.45, 7) is 4.53. The number of benzene rings is 2. The molecule has 1 atom stereocenters. The van der Waals surface area contributed by atoms with Gasteiger partial charge in [-0.3, -0.25) is 9.59 Å². The van der Waals surface area contributed by atoms with Crippen molar-refractivity contribution in [1.82, 2.24) is 10.2 Å². The van der Waals surface area contributed by atoms with Crippen molar-refractivity contribution < 1.29 is 14.3 Å². The fraction of sp³-hybridized carbons (Fsp3) is 0.500. The van der Waals surface area contributed by atoms with Crippen LogP contribution in [0, 0.1) is 0 Å². The summed E-state index contributed by atoms with van der Waals surface area (Å²) in [5.41, 5.74) is 3.43. The second-order valence-electron chi connectivity index (χ2n) is 8.95. The fourth-order valence-corrected chi connectivity index (χ4v) is 4.55. The van der Waals surface area contributed by atoms with Crippen molar-refractivity contribution in [2.45, 2.75) is 83.8 Å². The summed E-state index contributed by atoms with van der Waals surface area (Å²) < 4.78 is 5.26. The number of ether oxygens (including phenoxy) is 1. The molecule has 0 heterocycles. The molecule has 2 aromatic rings. The third-order valence-electron chi connectivity index (χ3n) is 6.66. The zero-order valence-electron chi connectivity index (χ0n) is 20.3. The maximum atomic E-state index is 13.4. The Labute approximate surface area is 198 Å². The lowest BCUT2D eigenvalue weighted by molar-refractivity contribution is -0.141. The van der Waals surface area contributed by atoms with Gasteiger partial charge in [0.15, 0.2) is 0 Å². The van der Waals surface area contributed by atoms with Crippen LogP contribution in [-0.4, -0.2) is 35.9 Å². The molecule has 1 fully saturated rings. The van der Waals surface area contributed by atoms with E-state index in [4.69, 9.17) is 4.74 Å². The number of carbonyl (C=O) groups excluding carboxylic acids is 2. The highest BCUT2D eigenvalue weighted by atomic mass is 16.5. The Morgan fingerprint density at radius 2 is 1.58 bits per heavy atom. The lowest BCUT2D eigenvalue weighted by Crippen LogP contribution is -2.51. The number of carbonyl (C=O) groups is 2. The molecular formula is C28H38N2O3. The summed E-state index contributed by atoms with van der Waals surface area (Å²) in [4.78, 5) is 28.4. The van der Waals surface area contributed by atoms with Gasteiger partial charge >= 0.3 is 0 Å². The highest BCUT2D eigenvalue weighted by Crippen LogP contribution is 2.21. The molecule has 0 radical (unpaired) electrons. The van der Waals surface area contributed by atoms with Gasteiger partial charge < -0.3 is 15.0 Å². The predicted octanol–water partition coefficient (Wildman–Crippen LogP) is 5.06. The van der Waals surface area contributed by atoms with Gasteiger partial charge in [-0.25, -0.2) is 0 Å². The normalized spacial score (nSPS) is 14.6. The molecule has 1 aliphatic carbocycles. The van der Waals surface area contributed by atoms with Crippen molar-refractivity contribution in [1.29, 1.82) is 0 Å². The number of nitrogens with one attached hydrogen (secondary N) is 1. The number of amides is 2. The summed E-state index contributed by atoms with van der Waals surface area (Å²) in [7, 11) is 1.64. The molecule has 1 N–H and O–H groups in total. The SMILES string of the molecule is CCc1ccc(CCC(=O)N(Cc2ccc(OC)cc2)[C@H](CC)C(=O)NC2CCCC2)cc1. The van der Waals surface area contributed by atoms with Crippen LogP contribution < -0.4 is 10.1 Å². The van der Waals surface area contributed by atoms with E-state index >= 15 is 0 Å². The smallest absolute Gasteiger partial charge is 0.243 e. The maximum Gasteiger partial charge on any atom is 0.243 e. The van der Waals surface area contributed by atoms with Crippen molar-refractivity contribution >= 4 is 11.8 Å². The Morgan fingerprint density at radius 1 is 0.970 bits per heavy atom. The minimum absolute atomic E-state index is 0.0128. The van der Waals surface area contributed by atoms with Gasteiger partial charge in [-0.15, -0.1) is 0 Å². The van der Waals surface area contributed by atoms with E-state index in [9.17, 15) is 9.59 Å². The standard InChI is InChI=1S/C28H38N2O3/c1-4-21-10-12-22(13-11-21)16-19-27(31)30(20-23-14-17-25(33-3)18-15-23)26(5-2)28(32)29-24-8-6-7-9-24/h10-15,17-18,24,26H,4-9,16,19-20H2,1-3H3,(H,29,32)/t26-/m1/s1. The molecule has 1 saturated carbocycles. The third-order valence-corrected chi connectivity index (χ3v) is 6.66. The van der Waals surface area contributed by atoms with Gasteiger partial charge in [-0.1, -0.05) is 63.1 Å². The number of aryl methyl sites for hydroxylation is 2. The largest absolute Gasteiger partial charge is 0.497 e. The molecule has 0 unspecified atom stereocenters. The topological polar surface area (TPSA) is 58.6 Å². The van der Waals surface area contributed by atoms with Crippen molar-refractivity contribution in [3.05, 3.63) is 65.2 Å². The maximum absolute atomic E-state index is 13.4. The minimum Gasteiger partial charge on any atom is -0.497 e. The number of methoxy groups -OCH3 is 1. The summed E-state index contributed by atoms with van der Waals surface area (Å²) >= 11 is 0. The molecule has 3 rings (SSSR count). The zero-order valence-corrected chi connectivity index (χ0v) is 20.3. The van der Waals surface area contributed by atoms with E-state index in [0.717, 1.165) is 49.0 Å². The first-order valence-electron chi connectivity index (χ1n) is 12.3. The minimum atomic E-state index is -0.470. The van der Waals surface area contributed by atoms with E-state index in [1.54, 1.807) is 12.0 Å². The number of rotatable bonds is 11. The molecule has 178 valence electrons. The van der Waals surface area contributed by atoms with Gasteiger partial charge in [0.05, 0.1) is 7.11 Å². The van der Waals surface area contributed by atoms with Gasteiger partial charge in [0.25, 0.3) is 0 Å². The molecule has 2 amide bonds. The van der Waals surface area contributed by atoms with E-state index < -0.39 is 6.04 Å². The summed E-state index contributed by atoms with van der Waals surface area (Å²) in [5.74, 6) is 0.760. The molecule has 5 nitrogen and oxygen atoms in total. The zero-order chi connectivity index (χ0) is 23.6. The summed E-state index contributed by atoms with van der Waals surface area (Å²) in [5, 5.41) is 3.20. The predicted molar refractivity (Wildman–Crippen MR) is 132 cm³/mol. The van der Waals surface area contributed by atoms with Crippen molar-refractivity contribution in [3.63, 3.8) is 0 Å². The molecule has 1 aliphatic rings. The quantitative estimate of drug-likeness (QED) is 0.521. The lowest BCUT2D eigenvalue weighted by Gasteiger charge is -2.31. The molecule has 0 bridgehead atoms. The van der Waals surface area contributed by atoms with Gasteiger partial charge in [-0.2, -0.15) is 0 Å². The average molecular weight is 451 g/mol. The summed E-state index contributed by atoms with van der Waals surface area (Å²) in [6, 6.07) is 15.9. The van der Waals surface area contributed by atoms with Crippen LogP contribution in [0.1, 0.15) is 69.1 Å². The van der Waals surface area contributed by atoms with Gasteiger partial charge in [0.2, 0.25) is 11.8 Å². The Morgan fingerprint density at radius 3 is 2.15 bits per heavy atom. The molecule has 0 aliphatic heterocycles. The van der Waals surface area contributed by atoms with Crippen molar-refractivity contribution in [2.24, 2.45) is 0 Å². The number of hydrogen-bond acceptors (Lipinski definition) is 3. The van der Waals surface area contributed by atoms with Crippen molar-refractivity contribution in [2.75, 3.05) is 7.11 Å². The van der Waals surface area contributed by atoms with Crippen LogP contribution in [0.5, 0.6) is 5.75 Å². The van der Waals surface area contributed by atoms with Crippen molar-refractivity contribution in [3.8, 4) is 5.75 Å². The van der Waals surface area contributed by atoms with E-state index in [1.165, 1.54) is 5.56 Å². The molecule has 2 aromatic carbocycles. The van der Waals surface area contributed by atoms with E-state index in [2.05, 4.69) is 36.5 Å². The number of hydrogen-bond donors (Lipinski definition) is 1. The second-order valence-corrected chi connectivity index (χ2v) is 8.95. The summed E-state index contributed by atoms with van der Waals surface area (Å²) in [6.07, 6.45) is 7.02. The first-order chi connectivity index (χ1) is 16.0. The Balaban J connectivity index is 1.74. The van der Waals surface area contributed by atoms with Gasteiger partial charge in [0.1, 0.15) is 11.8 Å². The Kier molecular flexibility index (Phi) is 9.35.